The molecule has 0 aliphatic rings. The van der Waals surface area contributed by atoms with E-state index in [0.717, 1.165) is 38.5 Å². The Morgan fingerprint density at radius 3 is 1.11 bits per heavy atom. The SMILES string of the molecule is CCCCCCC/C=C\C/C=C\C/C=C\CCCCCCCCCCCCCCCCCCCCCCC(=O)NC(CO)C(O)/C=C/CCCCCCCC. The molecule has 0 saturated heterocycles. The lowest BCUT2D eigenvalue weighted by molar-refractivity contribution is -0.123. The Hall–Kier alpha value is -1.65. The summed E-state index contributed by atoms with van der Waals surface area (Å²) in [7, 11) is 0. The molecule has 0 saturated carbocycles. The minimum atomic E-state index is -0.835. The summed E-state index contributed by atoms with van der Waals surface area (Å²) in [5.74, 6) is -0.0657. The Labute approximate surface area is 344 Å². The van der Waals surface area contributed by atoms with Gasteiger partial charge in [-0.1, -0.05) is 236 Å². The molecule has 0 radical (unpaired) electrons. The maximum absolute atomic E-state index is 12.3. The van der Waals surface area contributed by atoms with Gasteiger partial charge in [0.05, 0.1) is 18.8 Å². The Balaban J connectivity index is 3.40. The number of unbranched alkanes of at least 4 members (excludes halogenated alkanes) is 31. The third kappa shape index (κ3) is 43.3. The van der Waals surface area contributed by atoms with Gasteiger partial charge >= 0.3 is 0 Å². The van der Waals surface area contributed by atoms with E-state index >= 15 is 0 Å². The number of carbonyl (C=O) groups excluding carboxylic acids is 1. The summed E-state index contributed by atoms with van der Waals surface area (Å²) in [5, 5.41) is 22.8. The molecule has 4 heteroatoms. The first-order valence-electron chi connectivity index (χ1n) is 24.4. The van der Waals surface area contributed by atoms with Crippen molar-refractivity contribution >= 4 is 5.91 Å². The van der Waals surface area contributed by atoms with Crippen molar-refractivity contribution in [3.05, 3.63) is 48.6 Å². The van der Waals surface area contributed by atoms with Crippen LogP contribution in [0.3, 0.4) is 0 Å². The molecule has 4 nitrogen and oxygen atoms in total. The number of amides is 1. The number of aliphatic hydroxyl groups excluding tert-OH is 2. The molecule has 0 aromatic carbocycles. The van der Waals surface area contributed by atoms with Gasteiger partial charge in [0.25, 0.3) is 0 Å². The normalized spacial score (nSPS) is 13.3. The van der Waals surface area contributed by atoms with Crippen LogP contribution >= 0.6 is 0 Å². The Bertz CT molecular complexity index is 877. The van der Waals surface area contributed by atoms with E-state index in [0.29, 0.717) is 6.42 Å². The molecule has 0 spiro atoms. The van der Waals surface area contributed by atoms with Gasteiger partial charge < -0.3 is 15.5 Å². The maximum Gasteiger partial charge on any atom is 0.220 e. The van der Waals surface area contributed by atoms with E-state index in [-0.39, 0.29) is 12.5 Å². The molecule has 0 aromatic rings. The van der Waals surface area contributed by atoms with Gasteiger partial charge in [-0.2, -0.15) is 0 Å². The molecule has 55 heavy (non-hydrogen) atoms. The monoisotopic (exact) mass is 770 g/mol. The summed E-state index contributed by atoms with van der Waals surface area (Å²) in [5.41, 5.74) is 0. The molecule has 3 N–H and O–H groups in total. The molecule has 0 aromatic heterocycles. The molecule has 0 heterocycles. The Morgan fingerprint density at radius 1 is 0.436 bits per heavy atom. The number of allylic oxidation sites excluding steroid dienone is 7. The molecule has 2 unspecified atom stereocenters. The summed E-state index contributed by atoms with van der Waals surface area (Å²) in [6.07, 6.45) is 64.1. The fraction of sp³-hybridized carbons (Fsp3) is 0.824. The van der Waals surface area contributed by atoms with E-state index in [4.69, 9.17) is 0 Å². The fourth-order valence-electron chi connectivity index (χ4n) is 7.30. The van der Waals surface area contributed by atoms with Crippen molar-refractivity contribution < 1.29 is 15.0 Å². The first kappa shape index (κ1) is 53.4. The molecular formula is C51H95NO3. The molecule has 0 aliphatic carbocycles. The summed E-state index contributed by atoms with van der Waals surface area (Å²) in [6, 6.07) is -0.618. The summed E-state index contributed by atoms with van der Waals surface area (Å²) < 4.78 is 0. The van der Waals surface area contributed by atoms with Crippen molar-refractivity contribution in [1.29, 1.82) is 0 Å². The quantitative estimate of drug-likeness (QED) is 0.0427. The highest BCUT2D eigenvalue weighted by molar-refractivity contribution is 5.76. The first-order valence-corrected chi connectivity index (χ1v) is 24.4. The third-order valence-electron chi connectivity index (χ3n) is 11.1. The standard InChI is InChI=1S/C51H95NO3/c1-3-5-7-9-11-13-14-15-16-17-18-19-20-21-22-23-24-25-26-27-28-29-30-31-32-33-34-35-36-37-38-39-41-43-45-47-51(55)52-49(48-53)50(54)46-44-42-40-12-10-8-6-4-2/h14-15,17-18,20-21,44,46,49-50,53-54H,3-13,16,19,22-43,45,47-48H2,1-2H3,(H,52,55)/b15-14-,18-17-,21-20-,46-44+. The molecule has 322 valence electrons. The largest absolute Gasteiger partial charge is 0.394 e. The van der Waals surface area contributed by atoms with Crippen LogP contribution in [-0.2, 0) is 4.79 Å². The van der Waals surface area contributed by atoms with Crippen molar-refractivity contribution in [2.24, 2.45) is 0 Å². The van der Waals surface area contributed by atoms with Crippen LogP contribution in [0, 0.1) is 0 Å². The van der Waals surface area contributed by atoms with E-state index in [2.05, 4.69) is 55.6 Å². The fourth-order valence-corrected chi connectivity index (χ4v) is 7.30. The van der Waals surface area contributed by atoms with Crippen LogP contribution in [0.1, 0.15) is 251 Å². The van der Waals surface area contributed by atoms with E-state index < -0.39 is 12.1 Å². The van der Waals surface area contributed by atoms with Crippen molar-refractivity contribution in [2.45, 2.75) is 264 Å². The molecule has 0 fully saturated rings. The van der Waals surface area contributed by atoms with Crippen LogP contribution in [-0.4, -0.2) is 34.9 Å². The summed E-state index contributed by atoms with van der Waals surface area (Å²) in [6.45, 7) is 4.26. The van der Waals surface area contributed by atoms with E-state index in [1.807, 2.05) is 6.08 Å². The molecule has 0 bridgehead atoms. The predicted molar refractivity (Wildman–Crippen MR) is 244 cm³/mol. The Kier molecular flexibility index (Phi) is 45.3. The smallest absolute Gasteiger partial charge is 0.220 e. The van der Waals surface area contributed by atoms with Crippen LogP contribution in [0.4, 0.5) is 0 Å². The minimum Gasteiger partial charge on any atom is -0.394 e. The van der Waals surface area contributed by atoms with Crippen molar-refractivity contribution in [2.75, 3.05) is 6.61 Å². The zero-order valence-corrected chi connectivity index (χ0v) is 36.9. The van der Waals surface area contributed by atoms with Gasteiger partial charge in [-0.05, 0) is 57.8 Å². The molecule has 0 aliphatic heterocycles. The molecule has 0 rings (SSSR count). The summed E-state index contributed by atoms with van der Waals surface area (Å²) >= 11 is 0. The van der Waals surface area contributed by atoms with Gasteiger partial charge in [0.1, 0.15) is 0 Å². The second-order valence-corrected chi connectivity index (χ2v) is 16.5. The number of nitrogens with one attached hydrogen (secondary N) is 1. The van der Waals surface area contributed by atoms with Gasteiger partial charge in [-0.25, -0.2) is 0 Å². The van der Waals surface area contributed by atoms with Crippen LogP contribution in [0.2, 0.25) is 0 Å². The average Bonchev–Trinajstić information content (AvgIpc) is 3.19. The maximum atomic E-state index is 12.3. The number of carbonyl (C=O) groups is 1. The van der Waals surface area contributed by atoms with E-state index in [1.54, 1.807) is 6.08 Å². The highest BCUT2D eigenvalue weighted by Gasteiger charge is 2.17. The van der Waals surface area contributed by atoms with Crippen LogP contribution in [0.5, 0.6) is 0 Å². The topological polar surface area (TPSA) is 69.6 Å². The van der Waals surface area contributed by atoms with Gasteiger partial charge in [-0.15, -0.1) is 0 Å². The summed E-state index contributed by atoms with van der Waals surface area (Å²) in [4.78, 5) is 12.3. The van der Waals surface area contributed by atoms with Crippen molar-refractivity contribution in [3.63, 3.8) is 0 Å². The van der Waals surface area contributed by atoms with Crippen molar-refractivity contribution in [1.82, 2.24) is 5.32 Å². The molecule has 1 amide bonds. The molecule has 2 atom stereocenters. The van der Waals surface area contributed by atoms with Crippen molar-refractivity contribution in [3.8, 4) is 0 Å². The number of rotatable bonds is 44. The zero-order valence-electron chi connectivity index (χ0n) is 36.9. The number of hydrogen-bond donors (Lipinski definition) is 3. The number of hydrogen-bond acceptors (Lipinski definition) is 3. The lowest BCUT2D eigenvalue weighted by atomic mass is 10.0. The first-order chi connectivity index (χ1) is 27.2. The van der Waals surface area contributed by atoms with Crippen LogP contribution < -0.4 is 5.32 Å². The van der Waals surface area contributed by atoms with Crippen LogP contribution in [0.15, 0.2) is 48.6 Å². The number of aliphatic hydroxyl groups is 2. The lowest BCUT2D eigenvalue weighted by Crippen LogP contribution is -2.45. The van der Waals surface area contributed by atoms with Crippen LogP contribution in [0.25, 0.3) is 0 Å². The average molecular weight is 770 g/mol. The third-order valence-corrected chi connectivity index (χ3v) is 11.1. The van der Waals surface area contributed by atoms with Gasteiger partial charge in [0.15, 0.2) is 0 Å². The second-order valence-electron chi connectivity index (χ2n) is 16.5. The van der Waals surface area contributed by atoms with Gasteiger partial charge in [-0.3, -0.25) is 4.79 Å². The Morgan fingerprint density at radius 2 is 0.745 bits per heavy atom. The van der Waals surface area contributed by atoms with Gasteiger partial charge in [0, 0.05) is 6.42 Å². The predicted octanol–water partition coefficient (Wildman–Crippen LogP) is 15.5. The van der Waals surface area contributed by atoms with E-state index in [1.165, 1.54) is 193 Å². The lowest BCUT2D eigenvalue weighted by Gasteiger charge is -2.20. The highest BCUT2D eigenvalue weighted by Crippen LogP contribution is 2.16. The van der Waals surface area contributed by atoms with Gasteiger partial charge in [0.2, 0.25) is 5.91 Å². The zero-order chi connectivity index (χ0) is 40.0. The highest BCUT2D eigenvalue weighted by atomic mass is 16.3. The molecular weight excluding hydrogens is 675 g/mol. The minimum absolute atomic E-state index is 0.0657. The van der Waals surface area contributed by atoms with E-state index in [9.17, 15) is 15.0 Å². The second kappa shape index (κ2) is 46.7.